The van der Waals surface area contributed by atoms with E-state index in [2.05, 4.69) is 26.6 Å². The summed E-state index contributed by atoms with van der Waals surface area (Å²) in [5, 5.41) is 6.67. The first-order valence-electron chi connectivity index (χ1n) is 6.60. The van der Waals surface area contributed by atoms with Crippen molar-refractivity contribution in [2.24, 2.45) is 0 Å². The van der Waals surface area contributed by atoms with Crippen LogP contribution in [0.5, 0.6) is 0 Å². The van der Waals surface area contributed by atoms with E-state index in [1.807, 2.05) is 48.5 Å². The Morgan fingerprint density at radius 1 is 1.10 bits per heavy atom. The molecule has 0 saturated heterocycles. The minimum absolute atomic E-state index is 0.0241. The third-order valence-electron chi connectivity index (χ3n) is 2.95. The van der Waals surface area contributed by atoms with E-state index >= 15 is 0 Å². The molecule has 2 rings (SSSR count). The zero-order chi connectivity index (χ0) is 15.1. The molecule has 0 unspecified atom stereocenters. The Bertz CT molecular complexity index is 604. The molecule has 0 heterocycles. The van der Waals surface area contributed by atoms with Crippen molar-refractivity contribution in [3.8, 4) is 0 Å². The van der Waals surface area contributed by atoms with Crippen molar-refractivity contribution in [3.05, 3.63) is 69.2 Å². The van der Waals surface area contributed by atoms with Gasteiger partial charge >= 0.3 is 0 Å². The van der Waals surface area contributed by atoms with Crippen LogP contribution in [0.25, 0.3) is 0 Å². The standard InChI is InChI=1S/C16H16BrClN2O/c17-15-8-14(18)7-6-13(15)10-19-11-16(21)20-9-12-4-2-1-3-5-12/h1-8,19H,9-11H2,(H,20,21). The third kappa shape index (κ3) is 5.50. The Kier molecular flexibility index (Phi) is 6.23. The molecule has 0 aliphatic heterocycles. The van der Waals surface area contributed by atoms with E-state index in [9.17, 15) is 4.79 Å². The maximum Gasteiger partial charge on any atom is 0.234 e. The van der Waals surface area contributed by atoms with Crippen LogP contribution in [-0.2, 0) is 17.9 Å². The van der Waals surface area contributed by atoms with Gasteiger partial charge in [0, 0.05) is 22.6 Å². The highest BCUT2D eigenvalue weighted by molar-refractivity contribution is 9.10. The van der Waals surface area contributed by atoms with Crippen molar-refractivity contribution >= 4 is 33.4 Å². The van der Waals surface area contributed by atoms with Gasteiger partial charge in [0.25, 0.3) is 0 Å². The van der Waals surface area contributed by atoms with Gasteiger partial charge in [0.2, 0.25) is 5.91 Å². The number of amides is 1. The van der Waals surface area contributed by atoms with Crippen LogP contribution in [-0.4, -0.2) is 12.5 Å². The average molecular weight is 368 g/mol. The Labute approximate surface area is 137 Å². The van der Waals surface area contributed by atoms with E-state index in [-0.39, 0.29) is 12.5 Å². The Morgan fingerprint density at radius 2 is 1.86 bits per heavy atom. The summed E-state index contributed by atoms with van der Waals surface area (Å²) >= 11 is 9.34. The van der Waals surface area contributed by atoms with Crippen molar-refractivity contribution in [1.29, 1.82) is 0 Å². The fourth-order valence-corrected chi connectivity index (χ4v) is 2.66. The molecule has 0 saturated carbocycles. The molecule has 0 atom stereocenters. The molecule has 0 aromatic heterocycles. The highest BCUT2D eigenvalue weighted by Crippen LogP contribution is 2.21. The molecule has 2 aromatic rings. The first-order valence-corrected chi connectivity index (χ1v) is 7.77. The number of benzene rings is 2. The molecule has 0 aliphatic rings. The maximum absolute atomic E-state index is 11.7. The fourth-order valence-electron chi connectivity index (χ4n) is 1.83. The molecule has 0 aliphatic carbocycles. The number of carbonyl (C=O) groups excluding carboxylic acids is 1. The van der Waals surface area contributed by atoms with Gasteiger partial charge in [-0.3, -0.25) is 4.79 Å². The van der Waals surface area contributed by atoms with Gasteiger partial charge in [-0.15, -0.1) is 0 Å². The Hall–Kier alpha value is -1.36. The first kappa shape index (κ1) is 16.0. The second-order valence-corrected chi connectivity index (χ2v) is 5.89. The number of carbonyl (C=O) groups is 1. The lowest BCUT2D eigenvalue weighted by Crippen LogP contribution is -2.33. The summed E-state index contributed by atoms with van der Waals surface area (Å²) in [7, 11) is 0. The quantitative estimate of drug-likeness (QED) is 0.820. The van der Waals surface area contributed by atoms with E-state index in [1.54, 1.807) is 0 Å². The van der Waals surface area contributed by atoms with Gasteiger partial charge in [0.05, 0.1) is 6.54 Å². The fraction of sp³-hybridized carbons (Fsp3) is 0.188. The maximum atomic E-state index is 11.7. The van der Waals surface area contributed by atoms with Gasteiger partial charge in [0.1, 0.15) is 0 Å². The normalized spacial score (nSPS) is 10.4. The summed E-state index contributed by atoms with van der Waals surface area (Å²) in [6, 6.07) is 15.4. The van der Waals surface area contributed by atoms with Crippen molar-refractivity contribution in [2.75, 3.05) is 6.54 Å². The number of halogens is 2. The van der Waals surface area contributed by atoms with Gasteiger partial charge in [-0.2, -0.15) is 0 Å². The molecule has 2 N–H and O–H groups in total. The van der Waals surface area contributed by atoms with Crippen molar-refractivity contribution in [3.63, 3.8) is 0 Å². The number of rotatable bonds is 6. The molecule has 21 heavy (non-hydrogen) atoms. The van der Waals surface area contributed by atoms with E-state index in [0.717, 1.165) is 15.6 Å². The Balaban J connectivity index is 1.72. The van der Waals surface area contributed by atoms with E-state index in [4.69, 9.17) is 11.6 Å². The largest absolute Gasteiger partial charge is 0.351 e. The predicted molar refractivity (Wildman–Crippen MR) is 89.1 cm³/mol. The van der Waals surface area contributed by atoms with E-state index < -0.39 is 0 Å². The van der Waals surface area contributed by atoms with E-state index in [0.29, 0.717) is 18.1 Å². The van der Waals surface area contributed by atoms with Crippen molar-refractivity contribution in [1.82, 2.24) is 10.6 Å². The lowest BCUT2D eigenvalue weighted by atomic mass is 10.2. The highest BCUT2D eigenvalue weighted by atomic mass is 79.9. The topological polar surface area (TPSA) is 41.1 Å². The van der Waals surface area contributed by atoms with Gasteiger partial charge < -0.3 is 10.6 Å². The molecular weight excluding hydrogens is 352 g/mol. The molecular formula is C16H16BrClN2O. The van der Waals surface area contributed by atoms with Crippen LogP contribution in [0.4, 0.5) is 0 Å². The van der Waals surface area contributed by atoms with Crippen LogP contribution in [0, 0.1) is 0 Å². The van der Waals surface area contributed by atoms with Crippen LogP contribution in [0.1, 0.15) is 11.1 Å². The molecule has 0 radical (unpaired) electrons. The second-order valence-electron chi connectivity index (χ2n) is 4.60. The molecule has 3 nitrogen and oxygen atoms in total. The summed E-state index contributed by atoms with van der Waals surface area (Å²) in [5.74, 6) is -0.0241. The van der Waals surface area contributed by atoms with Crippen LogP contribution in [0.2, 0.25) is 5.02 Å². The van der Waals surface area contributed by atoms with Gasteiger partial charge in [0.15, 0.2) is 0 Å². The molecule has 0 spiro atoms. The molecule has 5 heteroatoms. The summed E-state index contributed by atoms with van der Waals surface area (Å²) in [4.78, 5) is 11.7. The Morgan fingerprint density at radius 3 is 2.57 bits per heavy atom. The lowest BCUT2D eigenvalue weighted by molar-refractivity contribution is -0.120. The van der Waals surface area contributed by atoms with E-state index in [1.165, 1.54) is 0 Å². The molecule has 1 amide bonds. The smallest absolute Gasteiger partial charge is 0.234 e. The predicted octanol–water partition coefficient (Wildman–Crippen LogP) is 3.51. The summed E-state index contributed by atoms with van der Waals surface area (Å²) < 4.78 is 0.937. The van der Waals surface area contributed by atoms with Gasteiger partial charge in [-0.25, -0.2) is 0 Å². The number of hydrogen-bond acceptors (Lipinski definition) is 2. The van der Waals surface area contributed by atoms with Gasteiger partial charge in [-0.1, -0.05) is 63.9 Å². The van der Waals surface area contributed by atoms with Gasteiger partial charge in [-0.05, 0) is 23.3 Å². The zero-order valence-electron chi connectivity index (χ0n) is 11.4. The average Bonchev–Trinajstić information content (AvgIpc) is 2.48. The monoisotopic (exact) mass is 366 g/mol. The summed E-state index contributed by atoms with van der Waals surface area (Å²) in [5.41, 5.74) is 2.15. The van der Waals surface area contributed by atoms with Crippen LogP contribution in [0.15, 0.2) is 53.0 Å². The summed E-state index contributed by atoms with van der Waals surface area (Å²) in [6.45, 7) is 1.43. The zero-order valence-corrected chi connectivity index (χ0v) is 13.7. The molecule has 0 bridgehead atoms. The lowest BCUT2D eigenvalue weighted by Gasteiger charge is -2.08. The third-order valence-corrected chi connectivity index (χ3v) is 3.92. The summed E-state index contributed by atoms with van der Waals surface area (Å²) in [6.07, 6.45) is 0. The first-order chi connectivity index (χ1) is 10.1. The molecule has 110 valence electrons. The van der Waals surface area contributed by atoms with Crippen molar-refractivity contribution in [2.45, 2.75) is 13.1 Å². The molecule has 2 aromatic carbocycles. The van der Waals surface area contributed by atoms with Crippen LogP contribution >= 0.6 is 27.5 Å². The van der Waals surface area contributed by atoms with Crippen molar-refractivity contribution < 1.29 is 4.79 Å². The van der Waals surface area contributed by atoms with Crippen LogP contribution < -0.4 is 10.6 Å². The highest BCUT2D eigenvalue weighted by Gasteiger charge is 2.03. The SMILES string of the molecule is O=C(CNCc1ccc(Cl)cc1Br)NCc1ccccc1. The number of hydrogen-bond donors (Lipinski definition) is 2. The molecule has 0 fully saturated rings. The second kappa shape index (κ2) is 8.17. The minimum atomic E-state index is -0.0241. The van der Waals surface area contributed by atoms with Crippen LogP contribution in [0.3, 0.4) is 0 Å². The minimum Gasteiger partial charge on any atom is -0.351 e. The number of nitrogens with one attached hydrogen (secondary N) is 2.